The van der Waals surface area contributed by atoms with Crippen LogP contribution in [0.2, 0.25) is 0 Å². The first-order chi connectivity index (χ1) is 11.2. The molecule has 0 spiro atoms. The molecule has 0 aliphatic carbocycles. The molecular weight excluding hydrogens is 324 g/mol. The lowest BCUT2D eigenvalue weighted by molar-refractivity contribution is -0.122. The average molecular weight is 355 g/mol. The molecule has 24 heavy (non-hydrogen) atoms. The summed E-state index contributed by atoms with van der Waals surface area (Å²) in [6, 6.07) is 8.05. The third-order valence-electron chi connectivity index (χ3n) is 4.47. The highest BCUT2D eigenvalue weighted by atomic mass is 35.5. The van der Waals surface area contributed by atoms with E-state index in [1.807, 2.05) is 31.2 Å². The maximum absolute atomic E-state index is 12.1. The minimum absolute atomic E-state index is 0. The first-order valence-electron chi connectivity index (χ1n) is 8.92. The summed E-state index contributed by atoms with van der Waals surface area (Å²) in [5, 5.41) is 6.47. The molecule has 0 saturated carbocycles. The average Bonchev–Trinajstić information content (AvgIpc) is 2.59. The molecule has 1 fully saturated rings. The lowest BCUT2D eigenvalue weighted by atomic mass is 9.93. The number of hydrogen-bond donors (Lipinski definition) is 2. The van der Waals surface area contributed by atoms with Crippen molar-refractivity contribution in [1.82, 2.24) is 10.6 Å². The number of carbonyl (C=O) groups is 1. The van der Waals surface area contributed by atoms with Crippen LogP contribution in [0.4, 0.5) is 0 Å². The fraction of sp³-hybridized carbons (Fsp3) is 0.632. The molecule has 1 aromatic rings. The van der Waals surface area contributed by atoms with E-state index in [9.17, 15) is 4.79 Å². The molecule has 1 amide bonds. The van der Waals surface area contributed by atoms with E-state index < -0.39 is 0 Å². The standard InChI is InChI=1S/C19H30N2O2.ClH/c1-3-14-23-18-7-5-17(6-8-18)15(2)21-19(22)9-4-16-10-12-20-13-11-16;/h5-8,15-16,20H,3-4,9-14H2,1-2H3,(H,21,22);1H. The third-order valence-corrected chi connectivity index (χ3v) is 4.47. The zero-order valence-corrected chi connectivity index (χ0v) is 15.7. The Labute approximate surface area is 152 Å². The van der Waals surface area contributed by atoms with Crippen molar-refractivity contribution in [2.24, 2.45) is 5.92 Å². The molecule has 0 bridgehead atoms. The van der Waals surface area contributed by atoms with E-state index in [0.29, 0.717) is 12.3 Å². The molecule has 1 aliphatic heterocycles. The highest BCUT2D eigenvalue weighted by molar-refractivity contribution is 5.85. The summed E-state index contributed by atoms with van der Waals surface area (Å²) in [6.07, 6.45) is 5.03. The summed E-state index contributed by atoms with van der Waals surface area (Å²) in [5.41, 5.74) is 1.11. The van der Waals surface area contributed by atoms with Crippen molar-refractivity contribution in [3.63, 3.8) is 0 Å². The molecule has 1 aromatic carbocycles. The Kier molecular flexibility index (Phi) is 9.80. The second-order valence-corrected chi connectivity index (χ2v) is 6.44. The van der Waals surface area contributed by atoms with Crippen molar-refractivity contribution >= 4 is 18.3 Å². The van der Waals surface area contributed by atoms with E-state index in [2.05, 4.69) is 17.6 Å². The van der Waals surface area contributed by atoms with Crippen LogP contribution in [0.5, 0.6) is 5.75 Å². The summed E-state index contributed by atoms with van der Waals surface area (Å²) in [4.78, 5) is 12.1. The SMILES string of the molecule is CCCOc1ccc(C(C)NC(=O)CCC2CCNCC2)cc1.Cl. The molecule has 136 valence electrons. The molecule has 1 aliphatic rings. The molecule has 0 aromatic heterocycles. The second kappa shape index (κ2) is 11.3. The molecule has 1 saturated heterocycles. The van der Waals surface area contributed by atoms with Gasteiger partial charge in [-0.25, -0.2) is 0 Å². The number of carbonyl (C=O) groups excluding carboxylic acids is 1. The van der Waals surface area contributed by atoms with Gasteiger partial charge >= 0.3 is 0 Å². The molecule has 2 N–H and O–H groups in total. The van der Waals surface area contributed by atoms with Crippen LogP contribution in [-0.2, 0) is 4.79 Å². The lowest BCUT2D eigenvalue weighted by Gasteiger charge is -2.22. The maximum atomic E-state index is 12.1. The zero-order valence-electron chi connectivity index (χ0n) is 14.8. The Morgan fingerprint density at radius 1 is 1.29 bits per heavy atom. The summed E-state index contributed by atoms with van der Waals surface area (Å²) < 4.78 is 5.58. The van der Waals surface area contributed by atoms with Gasteiger partial charge in [-0.1, -0.05) is 19.1 Å². The number of halogens is 1. The first kappa shape index (κ1) is 20.8. The van der Waals surface area contributed by atoms with Gasteiger partial charge in [-0.15, -0.1) is 12.4 Å². The minimum atomic E-state index is 0. The maximum Gasteiger partial charge on any atom is 0.220 e. The Morgan fingerprint density at radius 2 is 1.96 bits per heavy atom. The largest absolute Gasteiger partial charge is 0.494 e. The van der Waals surface area contributed by atoms with E-state index in [0.717, 1.165) is 43.9 Å². The van der Waals surface area contributed by atoms with Crippen molar-refractivity contribution in [2.45, 2.75) is 52.0 Å². The van der Waals surface area contributed by atoms with Crippen molar-refractivity contribution in [2.75, 3.05) is 19.7 Å². The van der Waals surface area contributed by atoms with E-state index >= 15 is 0 Å². The van der Waals surface area contributed by atoms with Crippen molar-refractivity contribution in [1.29, 1.82) is 0 Å². The highest BCUT2D eigenvalue weighted by Crippen LogP contribution is 2.20. The number of rotatable bonds is 8. The predicted octanol–water partition coefficient (Wildman–Crippen LogP) is 3.85. The monoisotopic (exact) mass is 354 g/mol. The van der Waals surface area contributed by atoms with Gasteiger partial charge in [0.2, 0.25) is 5.91 Å². The number of ether oxygens (including phenoxy) is 1. The van der Waals surface area contributed by atoms with Gasteiger partial charge in [-0.2, -0.15) is 0 Å². The van der Waals surface area contributed by atoms with Gasteiger partial charge in [0.15, 0.2) is 0 Å². The highest BCUT2D eigenvalue weighted by Gasteiger charge is 2.15. The molecule has 2 rings (SSSR count). The fourth-order valence-electron chi connectivity index (χ4n) is 2.98. The second-order valence-electron chi connectivity index (χ2n) is 6.44. The Morgan fingerprint density at radius 3 is 2.58 bits per heavy atom. The van der Waals surface area contributed by atoms with Gasteiger partial charge in [0.1, 0.15) is 5.75 Å². The normalized spacial score (nSPS) is 16.1. The Bertz CT molecular complexity index is 473. The summed E-state index contributed by atoms with van der Waals surface area (Å²) in [5.74, 6) is 1.75. The third kappa shape index (κ3) is 7.10. The summed E-state index contributed by atoms with van der Waals surface area (Å²) in [6.45, 7) is 7.05. The summed E-state index contributed by atoms with van der Waals surface area (Å²) >= 11 is 0. The molecule has 4 nitrogen and oxygen atoms in total. The smallest absolute Gasteiger partial charge is 0.220 e. The molecule has 5 heteroatoms. The number of benzene rings is 1. The topological polar surface area (TPSA) is 50.4 Å². The Hall–Kier alpha value is -1.26. The predicted molar refractivity (Wildman–Crippen MR) is 101 cm³/mol. The molecule has 1 heterocycles. The van der Waals surface area contributed by atoms with Gasteiger partial charge in [-0.3, -0.25) is 4.79 Å². The molecular formula is C19H31ClN2O2. The Balaban J connectivity index is 0.00000288. The van der Waals surface area contributed by atoms with Crippen LogP contribution in [0.15, 0.2) is 24.3 Å². The fourth-order valence-corrected chi connectivity index (χ4v) is 2.98. The van der Waals surface area contributed by atoms with Crippen molar-refractivity contribution in [3.05, 3.63) is 29.8 Å². The molecule has 0 radical (unpaired) electrons. The van der Waals surface area contributed by atoms with Gasteiger partial charge in [0, 0.05) is 6.42 Å². The van der Waals surface area contributed by atoms with Gasteiger partial charge in [0.05, 0.1) is 12.6 Å². The lowest BCUT2D eigenvalue weighted by Crippen LogP contribution is -2.30. The van der Waals surface area contributed by atoms with Crippen LogP contribution in [0.3, 0.4) is 0 Å². The number of hydrogen-bond acceptors (Lipinski definition) is 3. The van der Waals surface area contributed by atoms with Crippen LogP contribution in [0, 0.1) is 5.92 Å². The minimum Gasteiger partial charge on any atom is -0.494 e. The van der Waals surface area contributed by atoms with Crippen molar-refractivity contribution < 1.29 is 9.53 Å². The number of piperidine rings is 1. The van der Waals surface area contributed by atoms with Crippen LogP contribution < -0.4 is 15.4 Å². The quantitative estimate of drug-likeness (QED) is 0.745. The number of amides is 1. The van der Waals surface area contributed by atoms with E-state index in [1.54, 1.807) is 0 Å². The van der Waals surface area contributed by atoms with Crippen molar-refractivity contribution in [3.8, 4) is 5.75 Å². The zero-order chi connectivity index (χ0) is 16.5. The molecule has 1 unspecified atom stereocenters. The van der Waals surface area contributed by atoms with Gasteiger partial charge in [0.25, 0.3) is 0 Å². The summed E-state index contributed by atoms with van der Waals surface area (Å²) in [7, 11) is 0. The van der Waals surface area contributed by atoms with E-state index in [-0.39, 0.29) is 24.4 Å². The number of nitrogens with one attached hydrogen (secondary N) is 2. The first-order valence-corrected chi connectivity index (χ1v) is 8.92. The van der Waals surface area contributed by atoms with Crippen LogP contribution in [0.1, 0.15) is 57.6 Å². The van der Waals surface area contributed by atoms with E-state index in [4.69, 9.17) is 4.74 Å². The van der Waals surface area contributed by atoms with Gasteiger partial charge in [-0.05, 0) is 69.3 Å². The van der Waals surface area contributed by atoms with Crippen LogP contribution in [-0.4, -0.2) is 25.6 Å². The van der Waals surface area contributed by atoms with Crippen LogP contribution in [0.25, 0.3) is 0 Å². The molecule has 1 atom stereocenters. The van der Waals surface area contributed by atoms with Gasteiger partial charge < -0.3 is 15.4 Å². The van der Waals surface area contributed by atoms with E-state index in [1.165, 1.54) is 12.8 Å². The van der Waals surface area contributed by atoms with Crippen LogP contribution >= 0.6 is 12.4 Å².